The molecule has 0 saturated heterocycles. The van der Waals surface area contributed by atoms with Crippen molar-refractivity contribution in [1.29, 1.82) is 5.26 Å². The molecule has 0 fully saturated rings. The van der Waals surface area contributed by atoms with E-state index in [0.717, 1.165) is 10.4 Å². The van der Waals surface area contributed by atoms with Gasteiger partial charge in [0.05, 0.1) is 22.0 Å². The first-order valence-corrected chi connectivity index (χ1v) is 8.87. The second kappa shape index (κ2) is 8.45. The number of hydrogen-bond acceptors (Lipinski definition) is 6. The number of amides is 2. The number of benzene rings is 1. The molecule has 0 bridgehead atoms. The van der Waals surface area contributed by atoms with Gasteiger partial charge in [0.25, 0.3) is 5.91 Å². The van der Waals surface area contributed by atoms with Crippen LogP contribution < -0.4 is 10.6 Å². The lowest BCUT2D eigenvalue weighted by atomic mass is 10.1. The molecular formula is C18H20N4O3S. The predicted molar refractivity (Wildman–Crippen MR) is 98.8 cm³/mol. The van der Waals surface area contributed by atoms with E-state index in [9.17, 15) is 9.59 Å². The van der Waals surface area contributed by atoms with E-state index in [2.05, 4.69) is 21.7 Å². The summed E-state index contributed by atoms with van der Waals surface area (Å²) in [6, 6.07) is 9.02. The van der Waals surface area contributed by atoms with Gasteiger partial charge in [0.2, 0.25) is 0 Å². The minimum absolute atomic E-state index is 0.247. The van der Waals surface area contributed by atoms with E-state index in [-0.39, 0.29) is 19.0 Å². The molecule has 8 heteroatoms. The van der Waals surface area contributed by atoms with Gasteiger partial charge in [-0.05, 0) is 38.5 Å². The summed E-state index contributed by atoms with van der Waals surface area (Å²) in [4.78, 5) is 28.7. The van der Waals surface area contributed by atoms with Crippen molar-refractivity contribution in [3.05, 3.63) is 41.0 Å². The normalized spacial score (nSPS) is 10.7. The van der Waals surface area contributed by atoms with Crippen molar-refractivity contribution in [2.75, 3.05) is 13.1 Å². The van der Waals surface area contributed by atoms with E-state index < -0.39 is 11.7 Å². The van der Waals surface area contributed by atoms with Gasteiger partial charge < -0.3 is 15.4 Å². The van der Waals surface area contributed by atoms with Crippen molar-refractivity contribution in [2.24, 2.45) is 0 Å². The van der Waals surface area contributed by atoms with Crippen molar-refractivity contribution >= 4 is 23.3 Å². The molecular weight excluding hydrogens is 352 g/mol. The molecule has 2 rings (SSSR count). The van der Waals surface area contributed by atoms with Gasteiger partial charge >= 0.3 is 6.09 Å². The van der Waals surface area contributed by atoms with E-state index >= 15 is 0 Å². The number of rotatable bonds is 5. The summed E-state index contributed by atoms with van der Waals surface area (Å²) >= 11 is 1.35. The molecule has 7 nitrogen and oxygen atoms in total. The second-order valence-electron chi connectivity index (χ2n) is 6.40. The van der Waals surface area contributed by atoms with Crippen LogP contribution >= 0.6 is 11.3 Å². The van der Waals surface area contributed by atoms with Gasteiger partial charge in [-0.1, -0.05) is 12.1 Å². The fraction of sp³-hybridized carbons (Fsp3) is 0.333. The van der Waals surface area contributed by atoms with Crippen LogP contribution in [0, 0.1) is 11.3 Å². The second-order valence-corrected chi connectivity index (χ2v) is 7.26. The van der Waals surface area contributed by atoms with E-state index in [1.54, 1.807) is 50.5 Å². The number of carbonyl (C=O) groups excluding carboxylic acids is 2. The third-order valence-electron chi connectivity index (χ3n) is 3.14. The van der Waals surface area contributed by atoms with Gasteiger partial charge in [-0.25, -0.2) is 9.78 Å². The molecule has 0 aliphatic carbocycles. The van der Waals surface area contributed by atoms with Crippen molar-refractivity contribution in [1.82, 2.24) is 15.6 Å². The van der Waals surface area contributed by atoms with Gasteiger partial charge in [0.1, 0.15) is 11.3 Å². The summed E-state index contributed by atoms with van der Waals surface area (Å²) in [5.41, 5.74) is 2.73. The molecule has 0 unspecified atom stereocenters. The molecule has 0 spiro atoms. The molecule has 0 saturated carbocycles. The highest BCUT2D eigenvalue weighted by Crippen LogP contribution is 2.27. The molecule has 2 amide bonds. The number of nitrogens with zero attached hydrogens (tertiary/aromatic N) is 2. The maximum absolute atomic E-state index is 12.3. The molecule has 26 heavy (non-hydrogen) atoms. The standard InChI is InChI=1S/C18H20N4O3S/c1-18(2,3)25-17(24)21-9-8-20-16(23)14-15(26-11-22-14)13-6-4-12(10-19)5-7-13/h4-7,11H,8-9H2,1-3H3,(H,20,23)(H,21,24). The van der Waals surface area contributed by atoms with Crippen LogP contribution in [0.5, 0.6) is 0 Å². The first-order chi connectivity index (χ1) is 12.3. The first kappa shape index (κ1) is 19.4. The van der Waals surface area contributed by atoms with Crippen LogP contribution in [0.4, 0.5) is 4.79 Å². The molecule has 0 radical (unpaired) electrons. The molecule has 0 aliphatic heterocycles. The van der Waals surface area contributed by atoms with Crippen LogP contribution in [0.25, 0.3) is 10.4 Å². The highest BCUT2D eigenvalue weighted by atomic mass is 32.1. The van der Waals surface area contributed by atoms with E-state index in [1.165, 1.54) is 11.3 Å². The maximum Gasteiger partial charge on any atom is 0.407 e. The number of nitrogens with one attached hydrogen (secondary N) is 2. The zero-order valence-electron chi connectivity index (χ0n) is 14.8. The fourth-order valence-corrected chi connectivity index (χ4v) is 2.84. The Labute approximate surface area is 156 Å². The average molecular weight is 372 g/mol. The van der Waals surface area contributed by atoms with Crippen LogP contribution in [0.1, 0.15) is 36.8 Å². The van der Waals surface area contributed by atoms with Crippen molar-refractivity contribution in [2.45, 2.75) is 26.4 Å². The fourth-order valence-electron chi connectivity index (χ4n) is 2.05. The van der Waals surface area contributed by atoms with Crippen LogP contribution in [0.3, 0.4) is 0 Å². The van der Waals surface area contributed by atoms with E-state index in [4.69, 9.17) is 10.00 Å². The Balaban J connectivity index is 1.90. The third kappa shape index (κ3) is 5.57. The first-order valence-electron chi connectivity index (χ1n) is 7.99. The highest BCUT2D eigenvalue weighted by molar-refractivity contribution is 7.13. The summed E-state index contributed by atoms with van der Waals surface area (Å²) in [5.74, 6) is -0.323. The summed E-state index contributed by atoms with van der Waals surface area (Å²) in [7, 11) is 0. The van der Waals surface area contributed by atoms with Gasteiger partial charge in [0, 0.05) is 13.1 Å². The molecule has 1 heterocycles. The van der Waals surface area contributed by atoms with Crippen LogP contribution in [-0.2, 0) is 4.74 Å². The van der Waals surface area contributed by atoms with Gasteiger partial charge in [0.15, 0.2) is 0 Å². The van der Waals surface area contributed by atoms with Crippen LogP contribution in [0.2, 0.25) is 0 Å². The summed E-state index contributed by atoms with van der Waals surface area (Å²) in [5, 5.41) is 14.2. The highest BCUT2D eigenvalue weighted by Gasteiger charge is 2.17. The smallest absolute Gasteiger partial charge is 0.407 e. The largest absolute Gasteiger partial charge is 0.444 e. The average Bonchev–Trinajstić information content (AvgIpc) is 3.07. The monoisotopic (exact) mass is 372 g/mol. The van der Waals surface area contributed by atoms with Crippen LogP contribution in [-0.4, -0.2) is 35.7 Å². The predicted octanol–water partition coefficient (Wildman–Crippen LogP) is 2.94. The lowest BCUT2D eigenvalue weighted by molar-refractivity contribution is 0.0526. The molecule has 136 valence electrons. The SMILES string of the molecule is CC(C)(C)OC(=O)NCCNC(=O)c1ncsc1-c1ccc(C#N)cc1. The van der Waals surface area contributed by atoms with Gasteiger partial charge in [-0.2, -0.15) is 5.26 Å². The van der Waals surface area contributed by atoms with Crippen molar-refractivity contribution in [3.8, 4) is 16.5 Å². The number of hydrogen-bond donors (Lipinski definition) is 2. The summed E-state index contributed by atoms with van der Waals surface area (Å²) in [6.45, 7) is 5.84. The minimum Gasteiger partial charge on any atom is -0.444 e. The molecule has 2 aromatic rings. The number of ether oxygens (including phenoxy) is 1. The molecule has 0 atom stereocenters. The molecule has 2 N–H and O–H groups in total. The number of thiazole rings is 1. The summed E-state index contributed by atoms with van der Waals surface area (Å²) in [6.07, 6.45) is -0.529. The topological polar surface area (TPSA) is 104 Å². The Kier molecular flexibility index (Phi) is 6.31. The Morgan fingerprint density at radius 2 is 1.85 bits per heavy atom. The Morgan fingerprint density at radius 1 is 1.19 bits per heavy atom. The number of nitriles is 1. The third-order valence-corrected chi connectivity index (χ3v) is 4.01. The van der Waals surface area contributed by atoms with Crippen molar-refractivity contribution in [3.63, 3.8) is 0 Å². The quantitative estimate of drug-likeness (QED) is 0.785. The van der Waals surface area contributed by atoms with Gasteiger partial charge in [-0.3, -0.25) is 4.79 Å². The van der Waals surface area contributed by atoms with Crippen LogP contribution in [0.15, 0.2) is 29.8 Å². The van der Waals surface area contributed by atoms with E-state index in [0.29, 0.717) is 11.3 Å². The molecule has 1 aromatic carbocycles. The van der Waals surface area contributed by atoms with E-state index in [1.807, 2.05) is 0 Å². The number of alkyl carbamates (subject to hydrolysis) is 1. The minimum atomic E-state index is -0.566. The Hall–Kier alpha value is -2.92. The number of aromatic nitrogens is 1. The molecule has 0 aliphatic rings. The zero-order valence-corrected chi connectivity index (χ0v) is 15.6. The Bertz CT molecular complexity index is 816. The van der Waals surface area contributed by atoms with Gasteiger partial charge in [-0.15, -0.1) is 11.3 Å². The lowest BCUT2D eigenvalue weighted by Gasteiger charge is -2.19. The van der Waals surface area contributed by atoms with Crippen molar-refractivity contribution < 1.29 is 14.3 Å². The number of carbonyl (C=O) groups is 2. The maximum atomic E-state index is 12.3. The molecule has 1 aromatic heterocycles. The lowest BCUT2D eigenvalue weighted by Crippen LogP contribution is -2.38. The summed E-state index contributed by atoms with van der Waals surface area (Å²) < 4.78 is 5.12. The Morgan fingerprint density at radius 3 is 2.46 bits per heavy atom. The zero-order chi connectivity index (χ0) is 19.2.